The van der Waals surface area contributed by atoms with Crippen molar-refractivity contribution in [3.63, 3.8) is 0 Å². The first-order valence-electron chi connectivity index (χ1n) is 9.84. The van der Waals surface area contributed by atoms with Crippen molar-refractivity contribution in [1.29, 1.82) is 0 Å². The van der Waals surface area contributed by atoms with Crippen LogP contribution >= 0.6 is 12.2 Å². The lowest BCUT2D eigenvalue weighted by Gasteiger charge is -2.37. The molecule has 3 aromatic rings. The number of aryl methyl sites for hydroxylation is 2. The number of amidine groups is 1. The zero-order valence-corrected chi connectivity index (χ0v) is 17.8. The van der Waals surface area contributed by atoms with E-state index in [0.717, 1.165) is 23.6 Å². The van der Waals surface area contributed by atoms with Gasteiger partial charge in [-0.3, -0.25) is 0 Å². The summed E-state index contributed by atoms with van der Waals surface area (Å²) in [7, 11) is 0. The Hall–Kier alpha value is -2.98. The molecule has 1 heterocycles. The second kappa shape index (κ2) is 7.80. The molecule has 0 amide bonds. The fraction of sp³-hybridized carbons (Fsp3) is 0.200. The summed E-state index contributed by atoms with van der Waals surface area (Å²) in [6.07, 6.45) is 0.791. The Bertz CT molecular complexity index is 1060. The van der Waals surface area contributed by atoms with Crippen LogP contribution in [0.15, 0.2) is 83.9 Å². The van der Waals surface area contributed by atoms with Crippen LogP contribution in [0, 0.1) is 13.8 Å². The SMILES string of the molecule is Cc1ccc(N2C(=S)N=C(Nc3ccccc3C)[C@]2(C)Cc2ccccc2)cc1. The van der Waals surface area contributed by atoms with Crippen LogP contribution in [0.2, 0.25) is 0 Å². The van der Waals surface area contributed by atoms with Crippen LogP contribution in [0.3, 0.4) is 0 Å². The number of nitrogens with one attached hydrogen (secondary N) is 1. The molecule has 1 aliphatic heterocycles. The van der Waals surface area contributed by atoms with E-state index in [1.807, 2.05) is 18.2 Å². The van der Waals surface area contributed by atoms with Crippen molar-refractivity contribution in [2.24, 2.45) is 4.99 Å². The number of hydrogen-bond acceptors (Lipinski definition) is 2. The molecule has 3 nitrogen and oxygen atoms in total. The fourth-order valence-electron chi connectivity index (χ4n) is 3.83. The minimum atomic E-state index is -0.421. The highest BCUT2D eigenvalue weighted by Gasteiger charge is 2.45. The highest BCUT2D eigenvalue weighted by molar-refractivity contribution is 7.80. The number of hydrogen-bond donors (Lipinski definition) is 1. The quantitative estimate of drug-likeness (QED) is 0.552. The zero-order valence-electron chi connectivity index (χ0n) is 17.0. The molecular weight excluding hydrogens is 374 g/mol. The van der Waals surface area contributed by atoms with Crippen LogP contribution in [0.1, 0.15) is 23.6 Å². The van der Waals surface area contributed by atoms with Gasteiger partial charge in [-0.25, -0.2) is 4.99 Å². The lowest BCUT2D eigenvalue weighted by Crippen LogP contribution is -2.53. The highest BCUT2D eigenvalue weighted by atomic mass is 32.1. The molecule has 1 atom stereocenters. The fourth-order valence-corrected chi connectivity index (χ4v) is 4.23. The normalized spacial score (nSPS) is 18.7. The van der Waals surface area contributed by atoms with Crippen LogP contribution in [0.5, 0.6) is 0 Å². The molecular formula is C25H25N3S. The topological polar surface area (TPSA) is 27.6 Å². The Labute approximate surface area is 178 Å². The summed E-state index contributed by atoms with van der Waals surface area (Å²) in [4.78, 5) is 6.99. The van der Waals surface area contributed by atoms with E-state index in [1.54, 1.807) is 0 Å². The molecule has 0 saturated carbocycles. The monoisotopic (exact) mass is 399 g/mol. The number of benzene rings is 3. The van der Waals surface area contributed by atoms with Gasteiger partial charge in [0.25, 0.3) is 0 Å². The number of para-hydroxylation sites is 1. The first-order chi connectivity index (χ1) is 14.0. The second-order valence-electron chi connectivity index (χ2n) is 7.79. The average Bonchev–Trinajstić information content (AvgIpc) is 2.95. The number of anilines is 2. The van der Waals surface area contributed by atoms with E-state index in [9.17, 15) is 0 Å². The number of nitrogens with zero attached hydrogens (tertiary/aromatic N) is 2. The van der Waals surface area contributed by atoms with Crippen LogP contribution in [-0.2, 0) is 6.42 Å². The first-order valence-corrected chi connectivity index (χ1v) is 10.2. The maximum atomic E-state index is 5.75. The molecule has 0 saturated heterocycles. The molecule has 0 aromatic heterocycles. The van der Waals surface area contributed by atoms with E-state index in [4.69, 9.17) is 17.2 Å². The molecule has 0 bridgehead atoms. The van der Waals surface area contributed by atoms with E-state index < -0.39 is 5.54 Å². The molecule has 4 rings (SSSR count). The molecule has 4 heteroatoms. The first kappa shape index (κ1) is 19.3. The van der Waals surface area contributed by atoms with Gasteiger partial charge in [0.15, 0.2) is 0 Å². The third kappa shape index (κ3) is 3.81. The van der Waals surface area contributed by atoms with Gasteiger partial charge in [0.1, 0.15) is 11.4 Å². The molecule has 0 spiro atoms. The molecule has 29 heavy (non-hydrogen) atoms. The third-order valence-electron chi connectivity index (χ3n) is 5.48. The molecule has 0 radical (unpaired) electrons. The predicted molar refractivity (Wildman–Crippen MR) is 127 cm³/mol. The van der Waals surface area contributed by atoms with Crippen molar-refractivity contribution in [2.75, 3.05) is 10.2 Å². The van der Waals surface area contributed by atoms with Crippen LogP contribution in [0.4, 0.5) is 11.4 Å². The summed E-state index contributed by atoms with van der Waals surface area (Å²) in [5.74, 6) is 0.876. The van der Waals surface area contributed by atoms with E-state index >= 15 is 0 Å². The van der Waals surface area contributed by atoms with Crippen molar-refractivity contribution in [1.82, 2.24) is 0 Å². The summed E-state index contributed by atoms with van der Waals surface area (Å²) in [5.41, 5.74) is 5.34. The second-order valence-corrected chi connectivity index (χ2v) is 8.16. The van der Waals surface area contributed by atoms with Gasteiger partial charge in [-0.15, -0.1) is 0 Å². The Balaban J connectivity index is 1.76. The van der Waals surface area contributed by atoms with Crippen LogP contribution in [-0.4, -0.2) is 16.5 Å². The van der Waals surface area contributed by atoms with Gasteiger partial charge >= 0.3 is 0 Å². The van der Waals surface area contributed by atoms with Crippen LogP contribution in [0.25, 0.3) is 0 Å². The standard InChI is InChI=1S/C25H25N3S/c1-18-13-15-21(16-14-18)28-24(29)27-23(26-22-12-8-7-9-19(22)2)25(28,3)17-20-10-5-4-6-11-20/h4-16H,17H2,1-3H3,(H,26,27,29)/t25-/m0/s1. The summed E-state index contributed by atoms with van der Waals surface area (Å²) in [6.45, 7) is 6.41. The Morgan fingerprint density at radius 1 is 0.897 bits per heavy atom. The van der Waals surface area contributed by atoms with Crippen molar-refractivity contribution in [3.05, 3.63) is 95.6 Å². The van der Waals surface area contributed by atoms with E-state index in [0.29, 0.717) is 5.11 Å². The van der Waals surface area contributed by atoms with Gasteiger partial charge in [0, 0.05) is 17.8 Å². The summed E-state index contributed by atoms with van der Waals surface area (Å²) in [6, 6.07) is 27.3. The molecule has 1 aliphatic rings. The zero-order chi connectivity index (χ0) is 20.4. The summed E-state index contributed by atoms with van der Waals surface area (Å²) in [5, 5.41) is 4.17. The maximum Gasteiger partial charge on any atom is 0.202 e. The highest BCUT2D eigenvalue weighted by Crippen LogP contribution is 2.35. The smallest absolute Gasteiger partial charge is 0.202 e. The molecule has 146 valence electrons. The minimum Gasteiger partial charge on any atom is -0.341 e. The lowest BCUT2D eigenvalue weighted by molar-refractivity contribution is 0.626. The Kier molecular flexibility index (Phi) is 5.20. The van der Waals surface area contributed by atoms with Crippen molar-refractivity contribution in [3.8, 4) is 0 Å². The maximum absolute atomic E-state index is 5.75. The summed E-state index contributed by atoms with van der Waals surface area (Å²) < 4.78 is 0. The number of thiocarbonyl (C=S) groups is 1. The van der Waals surface area contributed by atoms with Gasteiger partial charge in [0.2, 0.25) is 5.11 Å². The van der Waals surface area contributed by atoms with Crippen molar-refractivity contribution < 1.29 is 0 Å². The molecule has 0 unspecified atom stereocenters. The van der Waals surface area contributed by atoms with Gasteiger partial charge < -0.3 is 10.2 Å². The van der Waals surface area contributed by atoms with Gasteiger partial charge in [0.05, 0.1) is 0 Å². The van der Waals surface area contributed by atoms with Gasteiger partial charge in [-0.1, -0.05) is 66.2 Å². The minimum absolute atomic E-state index is 0.421. The average molecular weight is 400 g/mol. The van der Waals surface area contributed by atoms with Gasteiger partial charge in [-0.05, 0) is 62.3 Å². The largest absolute Gasteiger partial charge is 0.341 e. The lowest BCUT2D eigenvalue weighted by atomic mass is 9.89. The van der Waals surface area contributed by atoms with Crippen molar-refractivity contribution >= 4 is 34.5 Å². The predicted octanol–water partition coefficient (Wildman–Crippen LogP) is 5.92. The molecule has 0 aliphatic carbocycles. The van der Waals surface area contributed by atoms with Crippen molar-refractivity contribution in [2.45, 2.75) is 32.7 Å². The van der Waals surface area contributed by atoms with Crippen LogP contribution < -0.4 is 10.2 Å². The molecule has 3 aromatic carbocycles. The number of rotatable bonds is 4. The van der Waals surface area contributed by atoms with Gasteiger partial charge in [-0.2, -0.15) is 0 Å². The molecule has 0 fully saturated rings. The third-order valence-corrected chi connectivity index (χ3v) is 5.76. The van der Waals surface area contributed by atoms with E-state index in [1.165, 1.54) is 16.7 Å². The molecule has 1 N–H and O–H groups in total. The summed E-state index contributed by atoms with van der Waals surface area (Å²) >= 11 is 5.75. The Morgan fingerprint density at radius 3 is 2.24 bits per heavy atom. The number of aliphatic imine (C=N–C) groups is 1. The Morgan fingerprint density at radius 2 is 1.55 bits per heavy atom. The van der Waals surface area contributed by atoms with E-state index in [2.05, 4.69) is 91.7 Å². The van der Waals surface area contributed by atoms with E-state index in [-0.39, 0.29) is 0 Å².